The molecule has 1 aliphatic carbocycles. The van der Waals surface area contributed by atoms with E-state index in [0.29, 0.717) is 19.0 Å². The predicted molar refractivity (Wildman–Crippen MR) is 88.7 cm³/mol. The van der Waals surface area contributed by atoms with Gasteiger partial charge in [0.1, 0.15) is 0 Å². The van der Waals surface area contributed by atoms with E-state index in [4.69, 9.17) is 5.11 Å². The third kappa shape index (κ3) is 3.41. The van der Waals surface area contributed by atoms with E-state index in [1.54, 1.807) is 4.90 Å². The van der Waals surface area contributed by atoms with Gasteiger partial charge in [0.25, 0.3) is 0 Å². The second-order valence-corrected chi connectivity index (χ2v) is 6.48. The number of urea groups is 1. The molecule has 0 spiro atoms. The molecule has 3 rings (SSSR count). The van der Waals surface area contributed by atoms with Crippen molar-refractivity contribution in [2.45, 2.75) is 32.2 Å². The van der Waals surface area contributed by atoms with E-state index in [0.717, 1.165) is 24.2 Å². The van der Waals surface area contributed by atoms with E-state index in [-0.39, 0.29) is 24.4 Å². The van der Waals surface area contributed by atoms with E-state index in [9.17, 15) is 9.59 Å². The summed E-state index contributed by atoms with van der Waals surface area (Å²) in [6.45, 7) is 3.48. The van der Waals surface area contributed by atoms with Gasteiger partial charge in [-0.3, -0.25) is 9.69 Å². The minimum absolute atomic E-state index is 0.0575. The highest BCUT2D eigenvalue weighted by Crippen LogP contribution is 2.36. The Morgan fingerprint density at radius 3 is 2.96 bits per heavy atom. The number of anilines is 2. The van der Waals surface area contributed by atoms with Crippen LogP contribution in [0.5, 0.6) is 0 Å². The molecule has 1 aromatic carbocycles. The summed E-state index contributed by atoms with van der Waals surface area (Å²) in [6.07, 6.45) is 2.17. The minimum atomic E-state index is -0.718. The molecular formula is C17H23N3O3. The number of carbonyl (C=O) groups is 2. The van der Waals surface area contributed by atoms with Gasteiger partial charge in [0, 0.05) is 36.9 Å². The molecule has 6 heteroatoms. The van der Waals surface area contributed by atoms with Gasteiger partial charge in [-0.15, -0.1) is 0 Å². The molecule has 3 N–H and O–H groups in total. The van der Waals surface area contributed by atoms with Crippen LogP contribution >= 0.6 is 0 Å². The molecule has 1 saturated carbocycles. The van der Waals surface area contributed by atoms with Crippen LogP contribution in [0.15, 0.2) is 24.3 Å². The maximum absolute atomic E-state index is 11.8. The SMILES string of the molecule is CC1C(CC(=O)O)CCC1Nc1cccc(N2CCNC2=O)c1. The van der Waals surface area contributed by atoms with Crippen LogP contribution in [-0.4, -0.2) is 36.2 Å². The zero-order valence-corrected chi connectivity index (χ0v) is 13.3. The first kappa shape index (κ1) is 15.6. The first-order chi connectivity index (χ1) is 11.0. The molecule has 3 atom stereocenters. The third-order valence-corrected chi connectivity index (χ3v) is 5.03. The lowest BCUT2D eigenvalue weighted by Gasteiger charge is -2.23. The molecule has 1 aliphatic heterocycles. The normalized spacial score (nSPS) is 27.1. The van der Waals surface area contributed by atoms with Crippen molar-refractivity contribution in [3.63, 3.8) is 0 Å². The zero-order valence-electron chi connectivity index (χ0n) is 13.3. The summed E-state index contributed by atoms with van der Waals surface area (Å²) in [7, 11) is 0. The molecule has 2 aliphatic rings. The predicted octanol–water partition coefficient (Wildman–Crippen LogP) is 2.52. The number of nitrogens with zero attached hydrogens (tertiary/aromatic N) is 1. The highest BCUT2D eigenvalue weighted by molar-refractivity contribution is 5.94. The Balaban J connectivity index is 1.66. The number of benzene rings is 1. The molecule has 23 heavy (non-hydrogen) atoms. The average Bonchev–Trinajstić information content (AvgIpc) is 3.08. The van der Waals surface area contributed by atoms with E-state index in [1.165, 1.54) is 0 Å². The van der Waals surface area contributed by atoms with Crippen LogP contribution in [0.3, 0.4) is 0 Å². The Morgan fingerprint density at radius 2 is 2.26 bits per heavy atom. The topological polar surface area (TPSA) is 81.7 Å². The van der Waals surface area contributed by atoms with Gasteiger partial charge < -0.3 is 15.7 Å². The molecule has 124 valence electrons. The number of carbonyl (C=O) groups excluding carboxylic acids is 1. The minimum Gasteiger partial charge on any atom is -0.481 e. The number of rotatable bonds is 5. The maximum atomic E-state index is 11.8. The lowest BCUT2D eigenvalue weighted by Crippen LogP contribution is -2.28. The lowest BCUT2D eigenvalue weighted by atomic mass is 9.93. The van der Waals surface area contributed by atoms with Crippen LogP contribution in [-0.2, 0) is 4.79 Å². The van der Waals surface area contributed by atoms with Crippen LogP contribution in [0.2, 0.25) is 0 Å². The standard InChI is InChI=1S/C17H23N3O3/c1-11-12(9-16(21)22)5-6-15(11)19-13-3-2-4-14(10-13)20-8-7-18-17(20)23/h2-4,10-12,15,19H,5-9H2,1H3,(H,18,23)(H,21,22). The first-order valence-corrected chi connectivity index (χ1v) is 8.18. The summed E-state index contributed by atoms with van der Waals surface area (Å²) in [5.74, 6) is -0.160. The lowest BCUT2D eigenvalue weighted by molar-refractivity contribution is -0.138. The number of nitrogens with one attached hydrogen (secondary N) is 2. The molecule has 0 bridgehead atoms. The summed E-state index contributed by atoms with van der Waals surface area (Å²) >= 11 is 0. The van der Waals surface area contributed by atoms with Crippen molar-refractivity contribution in [3.8, 4) is 0 Å². The van der Waals surface area contributed by atoms with E-state index in [1.807, 2.05) is 24.3 Å². The number of carboxylic acids is 1. The van der Waals surface area contributed by atoms with E-state index >= 15 is 0 Å². The van der Waals surface area contributed by atoms with Gasteiger partial charge in [0.2, 0.25) is 0 Å². The van der Waals surface area contributed by atoms with Crippen LogP contribution in [0.1, 0.15) is 26.2 Å². The van der Waals surface area contributed by atoms with Crippen LogP contribution in [0, 0.1) is 11.8 Å². The van der Waals surface area contributed by atoms with Crippen molar-refractivity contribution in [3.05, 3.63) is 24.3 Å². The van der Waals surface area contributed by atoms with Crippen molar-refractivity contribution >= 4 is 23.4 Å². The molecule has 6 nitrogen and oxygen atoms in total. The fourth-order valence-corrected chi connectivity index (χ4v) is 3.66. The summed E-state index contributed by atoms with van der Waals surface area (Å²) in [6, 6.07) is 8.08. The second-order valence-electron chi connectivity index (χ2n) is 6.48. The summed E-state index contributed by atoms with van der Waals surface area (Å²) in [5.41, 5.74) is 1.87. The molecular weight excluding hydrogens is 294 g/mol. The molecule has 1 heterocycles. The Labute approximate surface area is 135 Å². The highest BCUT2D eigenvalue weighted by Gasteiger charge is 2.34. The molecule has 1 aromatic rings. The summed E-state index contributed by atoms with van der Waals surface area (Å²) in [5, 5.41) is 15.3. The summed E-state index contributed by atoms with van der Waals surface area (Å²) < 4.78 is 0. The van der Waals surface area contributed by atoms with Gasteiger partial charge in [-0.25, -0.2) is 4.79 Å². The van der Waals surface area contributed by atoms with Gasteiger partial charge in [-0.1, -0.05) is 13.0 Å². The molecule has 2 fully saturated rings. The molecule has 0 aromatic heterocycles. The van der Waals surface area contributed by atoms with Crippen molar-refractivity contribution in [1.29, 1.82) is 0 Å². The number of carboxylic acid groups (broad SMARTS) is 1. The van der Waals surface area contributed by atoms with E-state index in [2.05, 4.69) is 17.6 Å². The first-order valence-electron chi connectivity index (χ1n) is 8.18. The Bertz CT molecular complexity index is 605. The number of amides is 2. The third-order valence-electron chi connectivity index (χ3n) is 5.03. The fraction of sp³-hybridized carbons (Fsp3) is 0.529. The van der Waals surface area contributed by atoms with Gasteiger partial charge in [-0.2, -0.15) is 0 Å². The number of hydrogen-bond donors (Lipinski definition) is 3. The van der Waals surface area contributed by atoms with Gasteiger partial charge in [-0.05, 0) is 42.9 Å². The van der Waals surface area contributed by atoms with Crippen molar-refractivity contribution < 1.29 is 14.7 Å². The Morgan fingerprint density at radius 1 is 1.43 bits per heavy atom. The quantitative estimate of drug-likeness (QED) is 0.779. The Hall–Kier alpha value is -2.24. The maximum Gasteiger partial charge on any atom is 0.321 e. The van der Waals surface area contributed by atoms with Crippen LogP contribution in [0.4, 0.5) is 16.2 Å². The Kier molecular flexibility index (Phi) is 4.41. The highest BCUT2D eigenvalue weighted by atomic mass is 16.4. The van der Waals surface area contributed by atoms with E-state index < -0.39 is 5.97 Å². The monoisotopic (exact) mass is 317 g/mol. The second kappa shape index (κ2) is 6.48. The van der Waals surface area contributed by atoms with Crippen molar-refractivity contribution in [2.24, 2.45) is 11.8 Å². The molecule has 1 saturated heterocycles. The van der Waals surface area contributed by atoms with Crippen LogP contribution < -0.4 is 15.5 Å². The number of hydrogen-bond acceptors (Lipinski definition) is 3. The zero-order chi connectivity index (χ0) is 16.4. The van der Waals surface area contributed by atoms with Gasteiger partial charge in [0.05, 0.1) is 0 Å². The fourth-order valence-electron chi connectivity index (χ4n) is 3.66. The van der Waals surface area contributed by atoms with Crippen molar-refractivity contribution in [2.75, 3.05) is 23.3 Å². The molecule has 3 unspecified atom stereocenters. The molecule has 2 amide bonds. The number of aliphatic carboxylic acids is 1. The molecule has 0 radical (unpaired) electrons. The average molecular weight is 317 g/mol. The van der Waals surface area contributed by atoms with Crippen molar-refractivity contribution in [1.82, 2.24) is 5.32 Å². The van der Waals surface area contributed by atoms with Gasteiger partial charge in [0.15, 0.2) is 0 Å². The smallest absolute Gasteiger partial charge is 0.321 e. The van der Waals surface area contributed by atoms with Crippen LogP contribution in [0.25, 0.3) is 0 Å². The van der Waals surface area contributed by atoms with Gasteiger partial charge >= 0.3 is 12.0 Å². The summed E-state index contributed by atoms with van der Waals surface area (Å²) in [4.78, 5) is 24.4. The largest absolute Gasteiger partial charge is 0.481 e.